The van der Waals surface area contributed by atoms with Gasteiger partial charge in [0.1, 0.15) is 5.75 Å². The van der Waals surface area contributed by atoms with E-state index in [-0.39, 0.29) is 24.8 Å². The minimum atomic E-state index is -0.312. The zero-order chi connectivity index (χ0) is 19.1. The van der Waals surface area contributed by atoms with Crippen LogP contribution in [0.25, 0.3) is 0 Å². The molecule has 0 radical (unpaired) electrons. The molecule has 3 rings (SSSR count). The number of rotatable bonds is 7. The van der Waals surface area contributed by atoms with E-state index in [1.165, 1.54) is 11.0 Å². The summed E-state index contributed by atoms with van der Waals surface area (Å²) in [5.41, 5.74) is 1.10. The second kappa shape index (κ2) is 8.71. The van der Waals surface area contributed by atoms with Crippen LogP contribution in [-0.4, -0.2) is 29.7 Å². The van der Waals surface area contributed by atoms with Crippen LogP contribution in [0.4, 0.5) is 5.69 Å². The van der Waals surface area contributed by atoms with Crippen molar-refractivity contribution in [3.05, 3.63) is 78.6 Å². The van der Waals surface area contributed by atoms with E-state index in [2.05, 4.69) is 4.98 Å². The number of amides is 1. The van der Waals surface area contributed by atoms with Crippen LogP contribution in [-0.2, 0) is 11.3 Å². The summed E-state index contributed by atoms with van der Waals surface area (Å²) in [6.07, 6.45) is 1.66. The molecule has 0 unspecified atom stereocenters. The first-order valence-electron chi connectivity index (χ1n) is 8.43. The zero-order valence-corrected chi connectivity index (χ0v) is 14.9. The Kier molecular flexibility index (Phi) is 5.89. The molecule has 1 amide bonds. The number of pyridine rings is 1. The van der Waals surface area contributed by atoms with Crippen LogP contribution in [0.15, 0.2) is 72.9 Å². The molecule has 1 aromatic heterocycles. The lowest BCUT2D eigenvalue weighted by atomic mass is 10.2. The molecule has 0 bridgehead atoms. The molecule has 0 atom stereocenters. The van der Waals surface area contributed by atoms with E-state index in [9.17, 15) is 9.90 Å². The summed E-state index contributed by atoms with van der Waals surface area (Å²) in [5.74, 6) is 0.722. The molecule has 0 aliphatic carbocycles. The first-order chi connectivity index (χ1) is 13.2. The maximum atomic E-state index is 12.9. The number of methoxy groups -OCH3 is 1. The summed E-state index contributed by atoms with van der Waals surface area (Å²) in [7, 11) is 1.54. The molecule has 0 spiro atoms. The Labute approximate surface area is 157 Å². The van der Waals surface area contributed by atoms with E-state index in [0.29, 0.717) is 22.9 Å². The topological polar surface area (TPSA) is 71.9 Å². The van der Waals surface area contributed by atoms with Gasteiger partial charge in [-0.1, -0.05) is 30.3 Å². The highest BCUT2D eigenvalue weighted by Gasteiger charge is 2.20. The van der Waals surface area contributed by atoms with Crippen LogP contribution >= 0.6 is 0 Å². The Bertz CT molecular complexity index is 899. The standard InChI is InChI=1S/C21H20N2O4/c1-26-19-11-4-5-12-20(19)27-15-21(25)23(14-16-8-6-7-13-22-16)17-9-2-3-10-18(17)24/h2-13,24H,14-15H2,1H3. The molecule has 3 aromatic rings. The summed E-state index contributed by atoms with van der Waals surface area (Å²) in [6, 6.07) is 19.3. The molecule has 6 nitrogen and oxygen atoms in total. The van der Waals surface area contributed by atoms with Crippen molar-refractivity contribution in [2.75, 3.05) is 18.6 Å². The third kappa shape index (κ3) is 4.55. The van der Waals surface area contributed by atoms with E-state index < -0.39 is 0 Å². The Morgan fingerprint density at radius 1 is 1.00 bits per heavy atom. The molecule has 6 heteroatoms. The number of hydrogen-bond acceptors (Lipinski definition) is 5. The Balaban J connectivity index is 1.81. The van der Waals surface area contributed by atoms with Gasteiger partial charge in [0.05, 0.1) is 25.0 Å². The number of nitrogens with zero attached hydrogens (tertiary/aromatic N) is 2. The largest absolute Gasteiger partial charge is 0.506 e. The fourth-order valence-electron chi connectivity index (χ4n) is 2.61. The van der Waals surface area contributed by atoms with Gasteiger partial charge in [-0.25, -0.2) is 0 Å². The number of carbonyl (C=O) groups is 1. The van der Waals surface area contributed by atoms with Crippen LogP contribution in [0, 0.1) is 0 Å². The van der Waals surface area contributed by atoms with E-state index >= 15 is 0 Å². The fraction of sp³-hybridized carbons (Fsp3) is 0.143. The van der Waals surface area contributed by atoms with Crippen LogP contribution in [0.5, 0.6) is 17.2 Å². The molecule has 0 saturated carbocycles. The number of ether oxygens (including phenoxy) is 2. The molecule has 0 saturated heterocycles. The van der Waals surface area contributed by atoms with Crippen molar-refractivity contribution >= 4 is 11.6 Å². The third-order valence-electron chi connectivity index (χ3n) is 3.94. The Morgan fingerprint density at radius 2 is 1.70 bits per heavy atom. The van der Waals surface area contributed by atoms with Crippen LogP contribution < -0.4 is 14.4 Å². The average Bonchev–Trinajstić information content (AvgIpc) is 2.72. The van der Waals surface area contributed by atoms with Gasteiger partial charge in [-0.05, 0) is 36.4 Å². The normalized spacial score (nSPS) is 10.3. The minimum Gasteiger partial charge on any atom is -0.506 e. The van der Waals surface area contributed by atoms with Crippen molar-refractivity contribution in [2.24, 2.45) is 0 Å². The number of para-hydroxylation sites is 4. The second-order valence-electron chi connectivity index (χ2n) is 5.73. The zero-order valence-electron chi connectivity index (χ0n) is 14.9. The maximum Gasteiger partial charge on any atom is 0.265 e. The molecule has 0 aliphatic heterocycles. The fourth-order valence-corrected chi connectivity index (χ4v) is 2.61. The Hall–Kier alpha value is -3.54. The van der Waals surface area contributed by atoms with E-state index in [1.807, 2.05) is 18.2 Å². The van der Waals surface area contributed by atoms with Gasteiger partial charge in [-0.15, -0.1) is 0 Å². The van der Waals surface area contributed by atoms with Crippen LogP contribution in [0.3, 0.4) is 0 Å². The number of phenolic OH excluding ortho intramolecular Hbond substituents is 1. The number of anilines is 1. The minimum absolute atomic E-state index is 0.0130. The van der Waals surface area contributed by atoms with Crippen LogP contribution in [0.2, 0.25) is 0 Å². The van der Waals surface area contributed by atoms with Crippen molar-refractivity contribution in [1.29, 1.82) is 0 Å². The van der Waals surface area contributed by atoms with Gasteiger partial charge in [-0.3, -0.25) is 14.7 Å². The number of carbonyl (C=O) groups excluding carboxylic acids is 1. The lowest BCUT2D eigenvalue weighted by molar-refractivity contribution is -0.120. The quantitative estimate of drug-likeness (QED) is 0.696. The molecular weight excluding hydrogens is 344 g/mol. The van der Waals surface area contributed by atoms with E-state index in [4.69, 9.17) is 9.47 Å². The number of aromatic nitrogens is 1. The molecule has 0 fully saturated rings. The van der Waals surface area contributed by atoms with Crippen molar-refractivity contribution in [1.82, 2.24) is 4.98 Å². The molecule has 27 heavy (non-hydrogen) atoms. The van der Waals surface area contributed by atoms with Crippen molar-refractivity contribution in [2.45, 2.75) is 6.54 Å². The highest BCUT2D eigenvalue weighted by atomic mass is 16.5. The van der Waals surface area contributed by atoms with E-state index in [0.717, 1.165) is 0 Å². The van der Waals surface area contributed by atoms with Gasteiger partial charge < -0.3 is 14.6 Å². The molecule has 1 heterocycles. The number of hydrogen-bond donors (Lipinski definition) is 1. The van der Waals surface area contributed by atoms with Crippen molar-refractivity contribution in [3.63, 3.8) is 0 Å². The van der Waals surface area contributed by atoms with Gasteiger partial charge in [0.25, 0.3) is 5.91 Å². The summed E-state index contributed by atoms with van der Waals surface area (Å²) in [6.45, 7) is 0.00801. The summed E-state index contributed by atoms with van der Waals surface area (Å²) in [4.78, 5) is 18.6. The smallest absolute Gasteiger partial charge is 0.265 e. The van der Waals surface area contributed by atoms with E-state index in [1.54, 1.807) is 55.8 Å². The molecule has 2 aromatic carbocycles. The Morgan fingerprint density at radius 3 is 2.41 bits per heavy atom. The van der Waals surface area contributed by atoms with Crippen molar-refractivity contribution in [3.8, 4) is 17.2 Å². The van der Waals surface area contributed by atoms with Gasteiger partial charge in [-0.2, -0.15) is 0 Å². The first kappa shape index (κ1) is 18.3. The summed E-state index contributed by atoms with van der Waals surface area (Å²) >= 11 is 0. The first-order valence-corrected chi connectivity index (χ1v) is 8.43. The molecule has 1 N–H and O–H groups in total. The summed E-state index contributed by atoms with van der Waals surface area (Å²) in [5, 5.41) is 10.2. The van der Waals surface area contributed by atoms with Gasteiger partial charge >= 0.3 is 0 Å². The monoisotopic (exact) mass is 364 g/mol. The predicted octanol–water partition coefficient (Wildman–Crippen LogP) is 3.41. The molecule has 138 valence electrons. The predicted molar refractivity (Wildman–Crippen MR) is 102 cm³/mol. The highest BCUT2D eigenvalue weighted by Crippen LogP contribution is 2.29. The van der Waals surface area contributed by atoms with Gasteiger partial charge in [0.15, 0.2) is 18.1 Å². The number of aromatic hydroxyl groups is 1. The second-order valence-corrected chi connectivity index (χ2v) is 5.73. The molecular formula is C21H20N2O4. The van der Waals surface area contributed by atoms with Gasteiger partial charge in [0.2, 0.25) is 0 Å². The maximum absolute atomic E-state index is 12.9. The lowest BCUT2D eigenvalue weighted by Gasteiger charge is -2.23. The van der Waals surface area contributed by atoms with Crippen LogP contribution in [0.1, 0.15) is 5.69 Å². The summed E-state index contributed by atoms with van der Waals surface area (Å²) < 4.78 is 10.9. The lowest BCUT2D eigenvalue weighted by Crippen LogP contribution is -2.34. The van der Waals surface area contributed by atoms with Crippen molar-refractivity contribution < 1.29 is 19.4 Å². The highest BCUT2D eigenvalue weighted by molar-refractivity contribution is 5.95. The van der Waals surface area contributed by atoms with Gasteiger partial charge in [0, 0.05) is 6.20 Å². The number of phenols is 1. The average molecular weight is 364 g/mol. The SMILES string of the molecule is COc1ccccc1OCC(=O)N(Cc1ccccn1)c1ccccc1O. The third-order valence-corrected chi connectivity index (χ3v) is 3.94. The number of benzene rings is 2. The molecule has 0 aliphatic rings.